The van der Waals surface area contributed by atoms with E-state index in [-0.39, 0.29) is 12.1 Å². The second-order valence-electron chi connectivity index (χ2n) is 9.44. The number of morpholine rings is 1. The third-order valence-corrected chi connectivity index (χ3v) is 7.74. The first-order chi connectivity index (χ1) is 16.8. The maximum absolute atomic E-state index is 5.90. The Morgan fingerprint density at radius 2 is 1.71 bits per heavy atom. The van der Waals surface area contributed by atoms with Crippen molar-refractivity contribution in [3.63, 3.8) is 0 Å². The van der Waals surface area contributed by atoms with Crippen LogP contribution in [0.3, 0.4) is 0 Å². The molecule has 7 heteroatoms. The second-order valence-corrected chi connectivity index (χ2v) is 9.83. The third-order valence-electron chi connectivity index (χ3n) is 7.43. The standard InChI is InChI=1S/C27H31N5OS/c34-27-29-25(24-7-3-4-13-28-24)26(20-12-14-31(19-20)21-5-1-2-6-21)32(27)23-10-8-22(9-11-23)30-15-17-33-18-16-30/h3-4,7-14,19,21,25-26H,1-2,5-6,15-18H2,(H,29,34)/t25-,26+/m0/s1. The molecule has 0 bridgehead atoms. The summed E-state index contributed by atoms with van der Waals surface area (Å²) >= 11 is 5.90. The Bertz CT molecular complexity index is 1120. The van der Waals surface area contributed by atoms with Gasteiger partial charge in [-0.25, -0.2) is 0 Å². The zero-order valence-electron chi connectivity index (χ0n) is 19.3. The van der Waals surface area contributed by atoms with Gasteiger partial charge in [0.15, 0.2) is 5.11 Å². The molecule has 6 nitrogen and oxygen atoms in total. The summed E-state index contributed by atoms with van der Waals surface area (Å²) in [4.78, 5) is 9.33. The molecule has 176 valence electrons. The number of nitrogens with zero attached hydrogens (tertiary/aromatic N) is 4. The summed E-state index contributed by atoms with van der Waals surface area (Å²) < 4.78 is 7.93. The van der Waals surface area contributed by atoms with Gasteiger partial charge >= 0.3 is 0 Å². The number of thiocarbonyl (C=S) groups is 1. The van der Waals surface area contributed by atoms with E-state index in [4.69, 9.17) is 17.0 Å². The number of nitrogens with one attached hydrogen (secondary N) is 1. The van der Waals surface area contributed by atoms with Crippen molar-refractivity contribution in [1.29, 1.82) is 0 Å². The van der Waals surface area contributed by atoms with E-state index in [9.17, 15) is 0 Å². The summed E-state index contributed by atoms with van der Waals surface area (Å²) in [6, 6.07) is 17.8. The number of benzene rings is 1. The minimum atomic E-state index is -0.00736. The highest BCUT2D eigenvalue weighted by Gasteiger charge is 2.41. The van der Waals surface area contributed by atoms with Gasteiger partial charge in [-0.2, -0.15) is 0 Å². The highest BCUT2D eigenvalue weighted by Crippen LogP contribution is 2.42. The van der Waals surface area contributed by atoms with Gasteiger partial charge in [-0.05, 0) is 73.1 Å². The van der Waals surface area contributed by atoms with Crippen LogP contribution >= 0.6 is 12.2 Å². The first-order valence-electron chi connectivity index (χ1n) is 12.4. The van der Waals surface area contributed by atoms with Crippen LogP contribution in [0.4, 0.5) is 11.4 Å². The first kappa shape index (κ1) is 21.6. The van der Waals surface area contributed by atoms with Gasteiger partial charge in [0.25, 0.3) is 0 Å². The molecule has 1 aromatic carbocycles. The fourth-order valence-electron chi connectivity index (χ4n) is 5.65. The van der Waals surface area contributed by atoms with E-state index >= 15 is 0 Å². The van der Waals surface area contributed by atoms with Gasteiger partial charge in [0.1, 0.15) is 0 Å². The van der Waals surface area contributed by atoms with Gasteiger partial charge in [0.05, 0.1) is 31.0 Å². The lowest BCUT2D eigenvalue weighted by molar-refractivity contribution is 0.122. The summed E-state index contributed by atoms with van der Waals surface area (Å²) in [7, 11) is 0. The van der Waals surface area contributed by atoms with Crippen molar-refractivity contribution in [1.82, 2.24) is 14.9 Å². The highest BCUT2D eigenvalue weighted by molar-refractivity contribution is 7.80. The van der Waals surface area contributed by atoms with Crippen molar-refractivity contribution in [3.8, 4) is 0 Å². The zero-order valence-corrected chi connectivity index (χ0v) is 20.2. The molecule has 3 aliphatic rings. The molecule has 0 spiro atoms. The number of hydrogen-bond acceptors (Lipinski definition) is 4. The van der Waals surface area contributed by atoms with Crippen LogP contribution in [-0.4, -0.2) is 41.0 Å². The predicted octanol–water partition coefficient (Wildman–Crippen LogP) is 5.01. The molecular weight excluding hydrogens is 442 g/mol. The van der Waals surface area contributed by atoms with Gasteiger partial charge < -0.3 is 24.4 Å². The van der Waals surface area contributed by atoms with E-state index in [1.54, 1.807) is 0 Å². The number of anilines is 2. The smallest absolute Gasteiger partial charge is 0.174 e. The SMILES string of the molecule is S=C1N[C@@H](c2ccccn2)[C@@H](c2ccn(C3CCCC3)c2)N1c1ccc(N2CCOCC2)cc1. The molecule has 2 saturated heterocycles. The summed E-state index contributed by atoms with van der Waals surface area (Å²) in [5.74, 6) is 0. The molecule has 6 rings (SSSR count). The average Bonchev–Trinajstić information content (AvgIpc) is 3.65. The Morgan fingerprint density at radius 1 is 0.941 bits per heavy atom. The van der Waals surface area contributed by atoms with Crippen molar-refractivity contribution in [3.05, 3.63) is 78.4 Å². The summed E-state index contributed by atoms with van der Waals surface area (Å²) in [6.45, 7) is 3.44. The van der Waals surface area contributed by atoms with Crippen molar-refractivity contribution in [2.24, 2.45) is 0 Å². The van der Waals surface area contributed by atoms with Gasteiger partial charge in [0.2, 0.25) is 0 Å². The molecule has 3 fully saturated rings. The quantitative estimate of drug-likeness (QED) is 0.526. The van der Waals surface area contributed by atoms with E-state index in [2.05, 4.69) is 73.5 Å². The summed E-state index contributed by atoms with van der Waals surface area (Å²) in [6.07, 6.45) is 11.6. The fourth-order valence-corrected chi connectivity index (χ4v) is 6.00. The van der Waals surface area contributed by atoms with E-state index in [0.717, 1.165) is 42.8 Å². The van der Waals surface area contributed by atoms with Crippen LogP contribution in [0.2, 0.25) is 0 Å². The number of aromatic nitrogens is 2. The third kappa shape index (κ3) is 4.07. The van der Waals surface area contributed by atoms with Crippen molar-refractivity contribution >= 4 is 28.7 Å². The summed E-state index contributed by atoms with van der Waals surface area (Å²) in [5, 5.41) is 4.33. The summed E-state index contributed by atoms with van der Waals surface area (Å²) in [5.41, 5.74) is 4.62. The Morgan fingerprint density at radius 3 is 2.44 bits per heavy atom. The number of pyridine rings is 1. The lowest BCUT2D eigenvalue weighted by Crippen LogP contribution is -2.36. The van der Waals surface area contributed by atoms with Crippen LogP contribution in [0.25, 0.3) is 0 Å². The number of hydrogen-bond donors (Lipinski definition) is 1. The van der Waals surface area contributed by atoms with Crippen LogP contribution in [0, 0.1) is 0 Å². The topological polar surface area (TPSA) is 45.6 Å². The minimum Gasteiger partial charge on any atom is -0.378 e. The lowest BCUT2D eigenvalue weighted by Gasteiger charge is -2.30. The first-order valence-corrected chi connectivity index (χ1v) is 12.8. The van der Waals surface area contributed by atoms with Gasteiger partial charge in [-0.3, -0.25) is 4.98 Å². The van der Waals surface area contributed by atoms with Gasteiger partial charge in [0, 0.05) is 49.1 Å². The molecule has 3 aromatic rings. The fraction of sp³-hybridized carbons (Fsp3) is 0.407. The maximum Gasteiger partial charge on any atom is 0.174 e. The van der Waals surface area contributed by atoms with E-state index in [1.807, 2.05) is 18.3 Å². The molecule has 2 atom stereocenters. The Labute approximate surface area is 206 Å². The molecule has 0 radical (unpaired) electrons. The minimum absolute atomic E-state index is 0.00736. The maximum atomic E-state index is 5.90. The highest BCUT2D eigenvalue weighted by atomic mass is 32.1. The average molecular weight is 474 g/mol. The van der Waals surface area contributed by atoms with Crippen LogP contribution < -0.4 is 15.1 Å². The second kappa shape index (κ2) is 9.39. The number of rotatable bonds is 5. The lowest BCUT2D eigenvalue weighted by atomic mass is 9.98. The van der Waals surface area contributed by atoms with Crippen LogP contribution in [-0.2, 0) is 4.74 Å². The van der Waals surface area contributed by atoms with Gasteiger partial charge in [-0.1, -0.05) is 18.9 Å². The Hall–Kier alpha value is -2.90. The van der Waals surface area contributed by atoms with Crippen molar-refractivity contribution in [2.45, 2.75) is 43.8 Å². The van der Waals surface area contributed by atoms with Crippen LogP contribution in [0.5, 0.6) is 0 Å². The molecular formula is C27H31N5OS. The molecule has 1 saturated carbocycles. The molecule has 2 aromatic heterocycles. The molecule has 4 heterocycles. The van der Waals surface area contributed by atoms with Crippen LogP contribution in [0.1, 0.15) is 55.1 Å². The molecule has 2 aliphatic heterocycles. The molecule has 1 N–H and O–H groups in total. The normalized spacial score (nSPS) is 23.5. The monoisotopic (exact) mass is 473 g/mol. The predicted molar refractivity (Wildman–Crippen MR) is 139 cm³/mol. The largest absolute Gasteiger partial charge is 0.378 e. The number of ether oxygens (including phenoxy) is 1. The Balaban J connectivity index is 1.34. The molecule has 1 aliphatic carbocycles. The van der Waals surface area contributed by atoms with Gasteiger partial charge in [-0.15, -0.1) is 0 Å². The van der Waals surface area contributed by atoms with E-state index in [0.29, 0.717) is 6.04 Å². The van der Waals surface area contributed by atoms with E-state index < -0.39 is 0 Å². The zero-order chi connectivity index (χ0) is 22.9. The Kier molecular flexibility index (Phi) is 5.97. The van der Waals surface area contributed by atoms with Crippen LogP contribution in [0.15, 0.2) is 67.1 Å². The molecule has 0 amide bonds. The van der Waals surface area contributed by atoms with Crippen molar-refractivity contribution in [2.75, 3.05) is 36.1 Å². The molecule has 34 heavy (non-hydrogen) atoms. The van der Waals surface area contributed by atoms with E-state index in [1.165, 1.54) is 36.9 Å². The molecule has 0 unspecified atom stereocenters. The van der Waals surface area contributed by atoms with Crippen molar-refractivity contribution < 1.29 is 4.74 Å².